The van der Waals surface area contributed by atoms with Crippen molar-refractivity contribution in [2.24, 2.45) is 5.73 Å². The van der Waals surface area contributed by atoms with Crippen molar-refractivity contribution in [3.8, 4) is 17.2 Å². The second-order valence-corrected chi connectivity index (χ2v) is 6.53. The number of benzene rings is 2. The van der Waals surface area contributed by atoms with Gasteiger partial charge in [-0.2, -0.15) is 0 Å². The Balaban J connectivity index is 0.00000364. The van der Waals surface area contributed by atoms with Gasteiger partial charge in [-0.25, -0.2) is 0 Å². The van der Waals surface area contributed by atoms with Gasteiger partial charge in [-0.05, 0) is 31.5 Å². The molecule has 0 aromatic heterocycles. The number of halogens is 1. The Morgan fingerprint density at radius 2 is 1.63 bits per heavy atom. The van der Waals surface area contributed by atoms with Crippen LogP contribution in [0, 0.1) is 0 Å². The Kier molecular flexibility index (Phi) is 8.40. The van der Waals surface area contributed by atoms with Crippen molar-refractivity contribution >= 4 is 18.3 Å². The Hall–Kier alpha value is -2.44. The monoisotopic (exact) mass is 394 g/mol. The van der Waals surface area contributed by atoms with E-state index in [1.165, 1.54) is 14.2 Å². The van der Waals surface area contributed by atoms with E-state index in [0.717, 1.165) is 5.56 Å². The summed E-state index contributed by atoms with van der Waals surface area (Å²) in [6.07, 6.45) is 0. The van der Waals surface area contributed by atoms with Crippen LogP contribution in [0.5, 0.6) is 17.2 Å². The van der Waals surface area contributed by atoms with Crippen molar-refractivity contribution in [3.05, 3.63) is 53.6 Å². The number of hydrogen-bond acceptors (Lipinski definition) is 5. The van der Waals surface area contributed by atoms with E-state index in [0.29, 0.717) is 36.0 Å². The number of ether oxygens (including phenoxy) is 3. The van der Waals surface area contributed by atoms with E-state index >= 15 is 0 Å². The lowest BCUT2D eigenvalue weighted by Gasteiger charge is -2.24. The van der Waals surface area contributed by atoms with Gasteiger partial charge in [-0.3, -0.25) is 4.79 Å². The van der Waals surface area contributed by atoms with E-state index in [2.05, 4.69) is 5.32 Å². The smallest absolute Gasteiger partial charge is 0.252 e. The third-order valence-electron chi connectivity index (χ3n) is 3.91. The molecule has 0 bridgehead atoms. The highest BCUT2D eigenvalue weighted by molar-refractivity contribution is 5.96. The second-order valence-electron chi connectivity index (χ2n) is 6.53. The average molecular weight is 395 g/mol. The summed E-state index contributed by atoms with van der Waals surface area (Å²) in [6, 6.07) is 13.0. The summed E-state index contributed by atoms with van der Waals surface area (Å²) in [4.78, 5) is 12.5. The van der Waals surface area contributed by atoms with Gasteiger partial charge in [0, 0.05) is 17.6 Å². The molecular formula is C20H27ClN2O4. The number of hydrogen-bond donors (Lipinski definition) is 2. The van der Waals surface area contributed by atoms with Crippen LogP contribution in [0.3, 0.4) is 0 Å². The van der Waals surface area contributed by atoms with Gasteiger partial charge in [0.25, 0.3) is 5.91 Å². The number of carbonyl (C=O) groups excluding carboxylic acids is 1. The molecule has 2 aromatic rings. The van der Waals surface area contributed by atoms with Crippen molar-refractivity contribution in [3.63, 3.8) is 0 Å². The first-order valence-electron chi connectivity index (χ1n) is 8.35. The van der Waals surface area contributed by atoms with E-state index in [-0.39, 0.29) is 18.3 Å². The summed E-state index contributed by atoms with van der Waals surface area (Å²) in [7, 11) is 3.05. The summed E-state index contributed by atoms with van der Waals surface area (Å²) in [5.74, 6) is 1.05. The Labute approximate surface area is 166 Å². The molecule has 0 spiro atoms. The number of nitrogens with two attached hydrogens (primary N) is 1. The topological polar surface area (TPSA) is 82.8 Å². The maximum atomic E-state index is 12.5. The molecule has 6 nitrogen and oxygen atoms in total. The van der Waals surface area contributed by atoms with Gasteiger partial charge in [0.15, 0.2) is 11.5 Å². The molecule has 0 fully saturated rings. The lowest BCUT2D eigenvalue weighted by Crippen LogP contribution is -2.48. The van der Waals surface area contributed by atoms with Crippen LogP contribution < -0.4 is 25.3 Å². The van der Waals surface area contributed by atoms with Crippen molar-refractivity contribution < 1.29 is 19.0 Å². The molecule has 0 aliphatic rings. The van der Waals surface area contributed by atoms with Gasteiger partial charge in [0.2, 0.25) is 5.75 Å². The van der Waals surface area contributed by atoms with Gasteiger partial charge in [-0.15, -0.1) is 12.4 Å². The number of rotatable bonds is 8. The van der Waals surface area contributed by atoms with Crippen LogP contribution >= 0.6 is 12.4 Å². The van der Waals surface area contributed by atoms with Crippen LogP contribution in [0.15, 0.2) is 42.5 Å². The Morgan fingerprint density at radius 3 is 2.11 bits per heavy atom. The van der Waals surface area contributed by atoms with E-state index in [1.54, 1.807) is 12.1 Å². The molecule has 2 aromatic carbocycles. The zero-order valence-corrected chi connectivity index (χ0v) is 16.9. The van der Waals surface area contributed by atoms with Crippen LogP contribution in [0.2, 0.25) is 0 Å². The number of carbonyl (C=O) groups is 1. The third-order valence-corrected chi connectivity index (χ3v) is 3.91. The Morgan fingerprint density at radius 1 is 1.07 bits per heavy atom. The molecule has 27 heavy (non-hydrogen) atoms. The first kappa shape index (κ1) is 22.6. The van der Waals surface area contributed by atoms with Gasteiger partial charge < -0.3 is 25.3 Å². The van der Waals surface area contributed by atoms with Crippen LogP contribution in [0.1, 0.15) is 29.8 Å². The van der Waals surface area contributed by atoms with E-state index in [1.807, 2.05) is 44.2 Å². The molecule has 0 aliphatic carbocycles. The molecule has 7 heteroatoms. The first-order valence-corrected chi connectivity index (χ1v) is 8.35. The highest BCUT2D eigenvalue weighted by Gasteiger charge is 2.22. The highest BCUT2D eigenvalue weighted by Crippen LogP contribution is 2.39. The summed E-state index contributed by atoms with van der Waals surface area (Å²) in [6.45, 7) is 4.40. The zero-order chi connectivity index (χ0) is 19.2. The van der Waals surface area contributed by atoms with Crippen LogP contribution in [-0.2, 0) is 6.61 Å². The number of amides is 1. The lowest BCUT2D eigenvalue weighted by atomic mass is 10.0. The average Bonchev–Trinajstić information content (AvgIpc) is 2.66. The molecule has 0 saturated heterocycles. The number of methoxy groups -OCH3 is 2. The molecule has 0 heterocycles. The lowest BCUT2D eigenvalue weighted by molar-refractivity contribution is 0.0915. The standard InChI is InChI=1S/C20H26N2O4.ClH/c1-20(2,13-21)22-19(23)15-10-16(24-3)18(17(11-15)25-4)26-12-14-8-6-5-7-9-14;/h5-11H,12-13,21H2,1-4H3,(H,22,23);1H. The van der Waals surface area contributed by atoms with Gasteiger partial charge in [0.05, 0.1) is 14.2 Å². The summed E-state index contributed by atoms with van der Waals surface area (Å²) in [5.41, 5.74) is 6.59. The third kappa shape index (κ3) is 6.05. The fourth-order valence-corrected chi connectivity index (χ4v) is 2.31. The minimum atomic E-state index is -0.514. The first-order chi connectivity index (χ1) is 12.4. The molecule has 1 amide bonds. The summed E-state index contributed by atoms with van der Waals surface area (Å²) < 4.78 is 16.7. The molecule has 0 radical (unpaired) electrons. The minimum absolute atomic E-state index is 0. The molecule has 0 unspecified atom stereocenters. The van der Waals surface area contributed by atoms with Crippen molar-refractivity contribution in [2.45, 2.75) is 26.0 Å². The Bertz CT molecular complexity index is 726. The van der Waals surface area contributed by atoms with Crippen molar-refractivity contribution in [2.75, 3.05) is 20.8 Å². The zero-order valence-electron chi connectivity index (χ0n) is 16.1. The molecular weight excluding hydrogens is 368 g/mol. The molecule has 2 rings (SSSR count). The fourth-order valence-electron chi connectivity index (χ4n) is 2.31. The molecule has 148 valence electrons. The quantitative estimate of drug-likeness (QED) is 0.718. The predicted octanol–water partition coefficient (Wildman–Crippen LogP) is 3.17. The van der Waals surface area contributed by atoms with Crippen molar-refractivity contribution in [1.82, 2.24) is 5.32 Å². The van der Waals surface area contributed by atoms with Gasteiger partial charge >= 0.3 is 0 Å². The predicted molar refractivity (Wildman–Crippen MR) is 108 cm³/mol. The maximum absolute atomic E-state index is 12.5. The van der Waals surface area contributed by atoms with E-state index in [9.17, 15) is 4.79 Å². The van der Waals surface area contributed by atoms with Crippen LogP contribution in [0.4, 0.5) is 0 Å². The summed E-state index contributed by atoms with van der Waals surface area (Å²) >= 11 is 0. The molecule has 0 saturated carbocycles. The summed E-state index contributed by atoms with van der Waals surface area (Å²) in [5, 5.41) is 2.89. The van der Waals surface area contributed by atoms with Gasteiger partial charge in [-0.1, -0.05) is 30.3 Å². The van der Waals surface area contributed by atoms with E-state index in [4.69, 9.17) is 19.9 Å². The van der Waals surface area contributed by atoms with E-state index < -0.39 is 5.54 Å². The molecule has 0 aliphatic heterocycles. The number of nitrogens with one attached hydrogen (secondary N) is 1. The van der Waals surface area contributed by atoms with Crippen LogP contribution in [0.25, 0.3) is 0 Å². The maximum Gasteiger partial charge on any atom is 0.252 e. The van der Waals surface area contributed by atoms with Crippen molar-refractivity contribution in [1.29, 1.82) is 0 Å². The van der Waals surface area contributed by atoms with Gasteiger partial charge in [0.1, 0.15) is 6.61 Å². The molecule has 3 N–H and O–H groups in total. The second kappa shape index (κ2) is 10.0. The minimum Gasteiger partial charge on any atom is -0.493 e. The van der Waals surface area contributed by atoms with Crippen LogP contribution in [-0.4, -0.2) is 32.2 Å². The normalized spacial score (nSPS) is 10.6. The SMILES string of the molecule is COc1cc(C(=O)NC(C)(C)CN)cc(OC)c1OCc1ccccc1.Cl. The fraction of sp³-hybridized carbons (Fsp3) is 0.350. The largest absolute Gasteiger partial charge is 0.493 e. The highest BCUT2D eigenvalue weighted by atomic mass is 35.5. The molecule has 0 atom stereocenters.